The van der Waals surface area contributed by atoms with Crippen molar-refractivity contribution in [3.05, 3.63) is 40.9 Å². The van der Waals surface area contributed by atoms with Crippen LogP contribution >= 0.6 is 0 Å². The predicted octanol–water partition coefficient (Wildman–Crippen LogP) is 2.24. The number of nitrogens with zero attached hydrogens (tertiary/aromatic N) is 3. The third kappa shape index (κ3) is 1.15. The van der Waals surface area contributed by atoms with Crippen LogP contribution in [0.4, 0.5) is 0 Å². The van der Waals surface area contributed by atoms with Crippen LogP contribution in [0.1, 0.15) is 5.56 Å². The van der Waals surface area contributed by atoms with Crippen molar-refractivity contribution in [2.45, 2.75) is 6.42 Å². The van der Waals surface area contributed by atoms with Gasteiger partial charge in [-0.25, -0.2) is 4.68 Å². The molecule has 4 nitrogen and oxygen atoms in total. The van der Waals surface area contributed by atoms with Crippen LogP contribution in [0.15, 0.2) is 35.7 Å². The lowest BCUT2D eigenvalue weighted by Gasteiger charge is -1.91. The molecule has 0 fully saturated rings. The summed E-state index contributed by atoms with van der Waals surface area (Å²) in [5.74, 6) is 0. The zero-order valence-electron chi connectivity index (χ0n) is 7.34. The Kier molecular flexibility index (Phi) is 1.99. The fourth-order valence-electron chi connectivity index (χ4n) is 1.53. The van der Waals surface area contributed by atoms with Gasteiger partial charge in [-0.1, -0.05) is 18.2 Å². The fraction of sp³-hybridized carbons (Fsp3) is 0.100. The Morgan fingerprint density at radius 2 is 2.21 bits per heavy atom. The van der Waals surface area contributed by atoms with E-state index in [1.165, 1.54) is 4.68 Å². The van der Waals surface area contributed by atoms with E-state index in [2.05, 4.69) is 11.4 Å². The van der Waals surface area contributed by atoms with Crippen molar-refractivity contribution in [1.82, 2.24) is 4.68 Å². The minimum atomic E-state index is 0.295. The highest BCUT2D eigenvalue weighted by molar-refractivity contribution is 5.84. The Morgan fingerprint density at radius 1 is 1.43 bits per heavy atom. The molecule has 0 aliphatic rings. The number of aromatic nitrogens is 1. The molecule has 0 aliphatic heterocycles. The molecule has 68 valence electrons. The summed E-state index contributed by atoms with van der Waals surface area (Å²) in [5.41, 5.74) is 1.58. The van der Waals surface area contributed by atoms with Gasteiger partial charge in [0.25, 0.3) is 0 Å². The molecule has 0 saturated carbocycles. The summed E-state index contributed by atoms with van der Waals surface area (Å²) in [6, 6.07) is 9.45. The van der Waals surface area contributed by atoms with E-state index in [-0.39, 0.29) is 0 Å². The van der Waals surface area contributed by atoms with E-state index >= 15 is 0 Å². The van der Waals surface area contributed by atoms with Crippen LogP contribution in [-0.2, 0) is 6.42 Å². The third-order valence-electron chi connectivity index (χ3n) is 2.13. The number of benzene rings is 1. The zero-order valence-corrected chi connectivity index (χ0v) is 7.34. The molecule has 2 rings (SSSR count). The average Bonchev–Trinajstić information content (AvgIpc) is 2.58. The van der Waals surface area contributed by atoms with Crippen LogP contribution in [0.5, 0.6) is 0 Å². The van der Waals surface area contributed by atoms with Gasteiger partial charge in [0.15, 0.2) is 0 Å². The molecule has 14 heavy (non-hydrogen) atoms. The van der Waals surface area contributed by atoms with Crippen LogP contribution in [0.25, 0.3) is 10.9 Å². The second kappa shape index (κ2) is 3.30. The maximum Gasteiger partial charge on any atom is 0.0754 e. The smallest absolute Gasteiger partial charge is 0.0754 e. The van der Waals surface area contributed by atoms with E-state index in [0.717, 1.165) is 16.5 Å². The molecule has 0 N–H and O–H groups in total. The van der Waals surface area contributed by atoms with Gasteiger partial charge in [0.05, 0.1) is 23.3 Å². The van der Waals surface area contributed by atoms with Gasteiger partial charge < -0.3 is 0 Å². The van der Waals surface area contributed by atoms with Crippen molar-refractivity contribution < 1.29 is 0 Å². The van der Waals surface area contributed by atoms with Gasteiger partial charge in [-0.05, 0) is 11.6 Å². The quantitative estimate of drug-likeness (QED) is 0.673. The van der Waals surface area contributed by atoms with Gasteiger partial charge >= 0.3 is 0 Å². The summed E-state index contributed by atoms with van der Waals surface area (Å²) in [6.07, 6.45) is 1.89. The largest absolute Gasteiger partial charge is 0.204 e. The molecular formula is C10H7N3O. The first-order valence-electron chi connectivity index (χ1n) is 4.16. The second-order valence-electron chi connectivity index (χ2n) is 2.93. The van der Waals surface area contributed by atoms with E-state index in [4.69, 9.17) is 5.26 Å². The Labute approximate surface area is 80.3 Å². The summed E-state index contributed by atoms with van der Waals surface area (Å²) in [5, 5.41) is 12.4. The fourth-order valence-corrected chi connectivity index (χ4v) is 1.53. The molecule has 0 unspecified atom stereocenters. The van der Waals surface area contributed by atoms with Crippen LogP contribution < -0.4 is 0 Å². The summed E-state index contributed by atoms with van der Waals surface area (Å²) in [7, 11) is 0. The van der Waals surface area contributed by atoms with E-state index in [1.54, 1.807) is 12.3 Å². The van der Waals surface area contributed by atoms with E-state index in [0.29, 0.717) is 6.42 Å². The number of nitroso groups, excluding NO2 is 1. The molecule has 0 atom stereocenters. The van der Waals surface area contributed by atoms with Gasteiger partial charge in [0, 0.05) is 11.6 Å². The second-order valence-corrected chi connectivity index (χ2v) is 2.93. The van der Waals surface area contributed by atoms with Gasteiger partial charge in [0.1, 0.15) is 0 Å². The summed E-state index contributed by atoms with van der Waals surface area (Å²) < 4.78 is 1.25. The number of para-hydroxylation sites is 1. The van der Waals surface area contributed by atoms with E-state index in [1.807, 2.05) is 18.2 Å². The molecule has 0 saturated heterocycles. The lowest BCUT2D eigenvalue weighted by Crippen LogP contribution is -1.81. The molecule has 2 aromatic rings. The Hall–Kier alpha value is -2.15. The molecule has 0 radical (unpaired) electrons. The number of nitriles is 1. The first-order valence-corrected chi connectivity index (χ1v) is 4.16. The Morgan fingerprint density at radius 3 is 2.93 bits per heavy atom. The number of rotatable bonds is 2. The van der Waals surface area contributed by atoms with Crippen molar-refractivity contribution in [2.75, 3.05) is 0 Å². The van der Waals surface area contributed by atoms with Crippen molar-refractivity contribution >= 4 is 10.9 Å². The highest BCUT2D eigenvalue weighted by atomic mass is 16.3. The maximum atomic E-state index is 10.5. The highest BCUT2D eigenvalue weighted by Gasteiger charge is 2.06. The molecule has 1 aromatic heterocycles. The maximum absolute atomic E-state index is 10.5. The first kappa shape index (κ1) is 8.45. The molecule has 1 heterocycles. The number of hydrogen-bond acceptors (Lipinski definition) is 3. The molecule has 4 heteroatoms. The van der Waals surface area contributed by atoms with Gasteiger partial charge in [-0.3, -0.25) is 0 Å². The molecular weight excluding hydrogens is 178 g/mol. The topological polar surface area (TPSA) is 58.1 Å². The molecule has 0 spiro atoms. The van der Waals surface area contributed by atoms with Gasteiger partial charge in [0.2, 0.25) is 0 Å². The van der Waals surface area contributed by atoms with Crippen LogP contribution in [0, 0.1) is 16.2 Å². The first-order chi connectivity index (χ1) is 6.86. The van der Waals surface area contributed by atoms with Crippen molar-refractivity contribution in [2.24, 2.45) is 5.29 Å². The van der Waals surface area contributed by atoms with E-state index in [9.17, 15) is 4.91 Å². The lowest BCUT2D eigenvalue weighted by molar-refractivity contribution is 0.907. The SMILES string of the molecule is N#CCc1cn(N=O)c2ccccc12. The standard InChI is InChI=1S/C10H7N3O/c11-6-5-8-7-13(12-14)10-4-2-1-3-9(8)10/h1-4,7H,5H2. The van der Waals surface area contributed by atoms with Gasteiger partial charge in [-0.2, -0.15) is 5.26 Å². The van der Waals surface area contributed by atoms with Crippen LogP contribution in [0.2, 0.25) is 0 Å². The summed E-state index contributed by atoms with van der Waals surface area (Å²) in [4.78, 5) is 10.5. The van der Waals surface area contributed by atoms with Crippen molar-refractivity contribution in [1.29, 1.82) is 5.26 Å². The summed E-state index contributed by atoms with van der Waals surface area (Å²) in [6.45, 7) is 0. The third-order valence-corrected chi connectivity index (χ3v) is 2.13. The lowest BCUT2D eigenvalue weighted by atomic mass is 10.1. The average molecular weight is 185 g/mol. The summed E-state index contributed by atoms with van der Waals surface area (Å²) >= 11 is 0. The molecule has 1 aromatic carbocycles. The van der Waals surface area contributed by atoms with Crippen molar-refractivity contribution in [3.63, 3.8) is 0 Å². The van der Waals surface area contributed by atoms with Crippen LogP contribution in [-0.4, -0.2) is 4.68 Å². The molecule has 0 aliphatic carbocycles. The van der Waals surface area contributed by atoms with Crippen molar-refractivity contribution in [3.8, 4) is 6.07 Å². The molecule has 0 bridgehead atoms. The minimum Gasteiger partial charge on any atom is -0.204 e. The Balaban J connectivity index is 2.74. The molecule has 0 amide bonds. The number of hydrogen-bond donors (Lipinski definition) is 0. The minimum absolute atomic E-state index is 0.295. The monoisotopic (exact) mass is 185 g/mol. The predicted molar refractivity (Wildman–Crippen MR) is 52.4 cm³/mol. The van der Waals surface area contributed by atoms with Crippen LogP contribution in [0.3, 0.4) is 0 Å². The zero-order chi connectivity index (χ0) is 9.97. The number of fused-ring (bicyclic) bond motifs is 1. The Bertz CT molecular complexity index is 522. The normalized spacial score (nSPS) is 9.93. The van der Waals surface area contributed by atoms with Gasteiger partial charge in [-0.15, -0.1) is 4.91 Å². The van der Waals surface area contributed by atoms with E-state index < -0.39 is 0 Å². The highest BCUT2D eigenvalue weighted by Crippen LogP contribution is 2.21.